The Hall–Kier alpha value is -2.41. The fraction of sp³-hybridized carbons (Fsp3) is 0.444. The maximum atomic E-state index is 14.8. The first kappa shape index (κ1) is 16.1. The quantitative estimate of drug-likeness (QED) is 0.886. The van der Waals surface area contributed by atoms with E-state index in [0.29, 0.717) is 29.9 Å². The molecule has 2 fully saturated rings. The van der Waals surface area contributed by atoms with E-state index in [0.717, 1.165) is 31.0 Å². The molecule has 2 aromatic heterocycles. The van der Waals surface area contributed by atoms with E-state index in [1.54, 1.807) is 6.92 Å². The highest BCUT2D eigenvalue weighted by molar-refractivity contribution is 5.89. The van der Waals surface area contributed by atoms with Crippen LogP contribution in [0.2, 0.25) is 0 Å². The Balaban J connectivity index is 2.03. The monoisotopic (exact) mass is 345 g/mol. The largest absolute Gasteiger partial charge is 0.477 e. The van der Waals surface area contributed by atoms with E-state index in [2.05, 4.69) is 0 Å². The van der Waals surface area contributed by atoms with Gasteiger partial charge in [-0.2, -0.15) is 0 Å². The summed E-state index contributed by atoms with van der Waals surface area (Å²) >= 11 is 0. The van der Waals surface area contributed by atoms with Crippen molar-refractivity contribution in [1.29, 1.82) is 0 Å². The number of carbonyl (C=O) groups is 1. The van der Waals surface area contributed by atoms with E-state index in [1.807, 2.05) is 4.90 Å². The number of hydrogen-bond acceptors (Lipinski definition) is 4. The van der Waals surface area contributed by atoms with Crippen molar-refractivity contribution in [1.82, 2.24) is 4.40 Å². The first-order valence-electron chi connectivity index (χ1n) is 8.50. The SMILES string of the molecule is Cc1c(N2CC[C@H](N)C2)c(F)cn2c(=O)c(C(=O)O)cc(C3CC3)c12. The van der Waals surface area contributed by atoms with Gasteiger partial charge in [0.2, 0.25) is 0 Å². The van der Waals surface area contributed by atoms with Gasteiger partial charge in [-0.05, 0) is 49.3 Å². The van der Waals surface area contributed by atoms with Crippen molar-refractivity contribution in [3.05, 3.63) is 45.1 Å². The molecular formula is C18H20FN3O3. The van der Waals surface area contributed by atoms with Crippen molar-refractivity contribution in [3.8, 4) is 0 Å². The van der Waals surface area contributed by atoms with Gasteiger partial charge in [-0.3, -0.25) is 9.20 Å². The lowest BCUT2D eigenvalue weighted by Gasteiger charge is -2.23. The molecule has 2 aliphatic rings. The number of aromatic nitrogens is 1. The van der Waals surface area contributed by atoms with Crippen LogP contribution in [0, 0.1) is 12.7 Å². The standard InChI is InChI=1S/C18H20FN3O3/c1-9-15-12(10-2-3-10)6-13(18(24)25)17(23)22(15)8-14(19)16(9)21-5-4-11(20)7-21/h6,8,10-11H,2-5,7,20H2,1H3,(H,24,25)/t11-/m0/s1. The van der Waals surface area contributed by atoms with Crippen LogP contribution in [-0.2, 0) is 0 Å². The van der Waals surface area contributed by atoms with Gasteiger partial charge < -0.3 is 15.7 Å². The number of aryl methyl sites for hydroxylation is 1. The van der Waals surface area contributed by atoms with Gasteiger partial charge in [0, 0.05) is 19.1 Å². The Labute approximate surface area is 143 Å². The average molecular weight is 345 g/mol. The molecule has 1 aliphatic carbocycles. The third-order valence-corrected chi connectivity index (χ3v) is 5.23. The Bertz CT molecular complexity index is 949. The number of nitrogens with two attached hydrogens (primary N) is 1. The molecule has 3 N–H and O–H groups in total. The fourth-order valence-electron chi connectivity index (χ4n) is 3.88. The summed E-state index contributed by atoms with van der Waals surface area (Å²) in [5, 5.41) is 9.32. The normalized spacial score (nSPS) is 20.4. The number of aromatic carboxylic acids is 1. The van der Waals surface area contributed by atoms with Crippen LogP contribution < -0.4 is 16.2 Å². The molecule has 0 bridgehead atoms. The molecule has 1 aliphatic heterocycles. The molecule has 2 aromatic rings. The highest BCUT2D eigenvalue weighted by Crippen LogP contribution is 2.44. The molecule has 1 atom stereocenters. The molecule has 0 radical (unpaired) electrons. The summed E-state index contributed by atoms with van der Waals surface area (Å²) in [5.74, 6) is -1.58. The summed E-state index contributed by atoms with van der Waals surface area (Å²) in [6.07, 6.45) is 3.83. The molecule has 7 heteroatoms. The van der Waals surface area contributed by atoms with Gasteiger partial charge in [0.05, 0.1) is 17.4 Å². The Morgan fingerprint density at radius 3 is 2.64 bits per heavy atom. The highest BCUT2D eigenvalue weighted by atomic mass is 19.1. The lowest BCUT2D eigenvalue weighted by Crippen LogP contribution is -2.29. The maximum Gasteiger partial charge on any atom is 0.341 e. The molecule has 1 saturated heterocycles. The van der Waals surface area contributed by atoms with Gasteiger partial charge in [-0.15, -0.1) is 0 Å². The molecular weight excluding hydrogens is 325 g/mol. The smallest absolute Gasteiger partial charge is 0.341 e. The van der Waals surface area contributed by atoms with Crippen LogP contribution >= 0.6 is 0 Å². The second kappa shape index (κ2) is 5.56. The minimum Gasteiger partial charge on any atom is -0.477 e. The van der Waals surface area contributed by atoms with Gasteiger partial charge >= 0.3 is 5.97 Å². The van der Waals surface area contributed by atoms with Crippen LogP contribution in [0.1, 0.15) is 46.7 Å². The molecule has 0 spiro atoms. The lowest BCUT2D eigenvalue weighted by molar-refractivity contribution is 0.0694. The molecule has 132 valence electrons. The topological polar surface area (TPSA) is 88.0 Å². The van der Waals surface area contributed by atoms with Gasteiger partial charge in [-0.25, -0.2) is 9.18 Å². The van der Waals surface area contributed by atoms with Crippen LogP contribution in [0.25, 0.3) is 5.52 Å². The molecule has 1 saturated carbocycles. The summed E-state index contributed by atoms with van der Waals surface area (Å²) in [6, 6.07) is 1.48. The van der Waals surface area contributed by atoms with E-state index in [4.69, 9.17) is 5.73 Å². The van der Waals surface area contributed by atoms with Crippen LogP contribution in [0.15, 0.2) is 17.1 Å². The molecule has 6 nitrogen and oxygen atoms in total. The molecule has 4 rings (SSSR count). The van der Waals surface area contributed by atoms with E-state index in [9.17, 15) is 19.1 Å². The number of hydrogen-bond donors (Lipinski definition) is 2. The zero-order chi connectivity index (χ0) is 17.9. The molecule has 0 aromatic carbocycles. The zero-order valence-corrected chi connectivity index (χ0v) is 14.0. The number of halogens is 1. The lowest BCUT2D eigenvalue weighted by atomic mass is 10.0. The summed E-state index contributed by atoms with van der Waals surface area (Å²) < 4.78 is 16.0. The molecule has 3 heterocycles. The second-order valence-corrected chi connectivity index (χ2v) is 7.06. The summed E-state index contributed by atoms with van der Waals surface area (Å²) in [7, 11) is 0. The van der Waals surface area contributed by atoms with Gasteiger partial charge in [-0.1, -0.05) is 0 Å². The van der Waals surface area contributed by atoms with Crippen molar-refractivity contribution in [2.24, 2.45) is 5.73 Å². The summed E-state index contributed by atoms with van der Waals surface area (Å²) in [5.41, 5.74) is 7.54. The Kier molecular flexibility index (Phi) is 3.57. The predicted octanol–water partition coefficient (Wildman–Crippen LogP) is 1.86. The first-order valence-corrected chi connectivity index (χ1v) is 8.50. The molecule has 0 unspecified atom stereocenters. The van der Waals surface area contributed by atoms with Crippen molar-refractivity contribution in [3.63, 3.8) is 0 Å². The third kappa shape index (κ3) is 2.50. The number of rotatable bonds is 3. The number of carboxylic acid groups (broad SMARTS) is 1. The molecule has 25 heavy (non-hydrogen) atoms. The summed E-state index contributed by atoms with van der Waals surface area (Å²) in [4.78, 5) is 25.9. The van der Waals surface area contributed by atoms with Crippen molar-refractivity contribution in [2.45, 2.75) is 38.1 Å². The average Bonchev–Trinajstić information content (AvgIpc) is 3.30. The third-order valence-electron chi connectivity index (χ3n) is 5.23. The van der Waals surface area contributed by atoms with Crippen molar-refractivity contribution in [2.75, 3.05) is 18.0 Å². The molecule has 0 amide bonds. The van der Waals surface area contributed by atoms with Crippen LogP contribution in [-0.4, -0.2) is 34.6 Å². The van der Waals surface area contributed by atoms with E-state index in [-0.39, 0.29) is 17.5 Å². The number of nitrogens with zero attached hydrogens (tertiary/aromatic N) is 2. The Morgan fingerprint density at radius 1 is 1.36 bits per heavy atom. The maximum absolute atomic E-state index is 14.8. The number of fused-ring (bicyclic) bond motifs is 1. The zero-order valence-electron chi connectivity index (χ0n) is 14.0. The van der Waals surface area contributed by atoms with Crippen molar-refractivity contribution < 1.29 is 14.3 Å². The van der Waals surface area contributed by atoms with Crippen LogP contribution in [0.3, 0.4) is 0 Å². The highest BCUT2D eigenvalue weighted by Gasteiger charge is 2.31. The predicted molar refractivity (Wildman–Crippen MR) is 92.1 cm³/mol. The number of anilines is 1. The number of carboxylic acids is 1. The van der Waals surface area contributed by atoms with E-state index >= 15 is 0 Å². The van der Waals surface area contributed by atoms with Crippen LogP contribution in [0.5, 0.6) is 0 Å². The van der Waals surface area contributed by atoms with Gasteiger partial charge in [0.25, 0.3) is 5.56 Å². The minimum absolute atomic E-state index is 0.00880. The fourth-order valence-corrected chi connectivity index (χ4v) is 3.88. The van der Waals surface area contributed by atoms with Crippen molar-refractivity contribution >= 4 is 17.2 Å². The Morgan fingerprint density at radius 2 is 2.08 bits per heavy atom. The number of pyridine rings is 2. The van der Waals surface area contributed by atoms with Gasteiger partial charge in [0.1, 0.15) is 5.56 Å². The van der Waals surface area contributed by atoms with E-state index in [1.165, 1.54) is 10.5 Å². The minimum atomic E-state index is -1.28. The van der Waals surface area contributed by atoms with Crippen LogP contribution in [0.4, 0.5) is 10.1 Å². The second-order valence-electron chi connectivity index (χ2n) is 7.06. The van der Waals surface area contributed by atoms with Gasteiger partial charge in [0.15, 0.2) is 5.82 Å². The summed E-state index contributed by atoms with van der Waals surface area (Å²) in [6.45, 7) is 3.04. The van der Waals surface area contributed by atoms with E-state index < -0.39 is 17.3 Å². The first-order chi connectivity index (χ1) is 11.9.